The predicted octanol–water partition coefficient (Wildman–Crippen LogP) is 6.20. The van der Waals surface area contributed by atoms with Crippen molar-refractivity contribution in [1.29, 1.82) is 0 Å². The van der Waals surface area contributed by atoms with Crippen LogP contribution in [-0.4, -0.2) is 4.98 Å². The minimum atomic E-state index is 0.391. The average Bonchev–Trinajstić information content (AvgIpc) is 2.29. The summed E-state index contributed by atoms with van der Waals surface area (Å²) >= 11 is 27.1. The zero-order valence-corrected chi connectivity index (χ0v) is 13.3. The van der Waals surface area contributed by atoms with Gasteiger partial charge in [-0.25, -0.2) is 4.98 Å². The predicted molar refractivity (Wildman–Crippen MR) is 81.7 cm³/mol. The molecule has 1 N–H and O–H groups in total. The standard InChI is InChI=1S/C11H5BrCl4N2/c12-5-1-9(16)11(17-4-5)18-10-3-7(14)6(13)2-8(10)15/h1-4H,(H,17,18). The van der Waals surface area contributed by atoms with Crippen LogP contribution in [-0.2, 0) is 0 Å². The lowest BCUT2D eigenvalue weighted by Crippen LogP contribution is -1.95. The molecule has 0 saturated heterocycles. The van der Waals surface area contributed by atoms with E-state index in [0.717, 1.165) is 4.47 Å². The molecule has 1 aromatic carbocycles. The Morgan fingerprint density at radius 2 is 1.56 bits per heavy atom. The number of aromatic nitrogens is 1. The van der Waals surface area contributed by atoms with E-state index in [0.29, 0.717) is 31.6 Å². The molecule has 2 nitrogen and oxygen atoms in total. The van der Waals surface area contributed by atoms with E-state index in [4.69, 9.17) is 46.4 Å². The summed E-state index contributed by atoms with van der Waals surface area (Å²) in [6, 6.07) is 4.90. The van der Waals surface area contributed by atoms with Crippen LogP contribution in [0.2, 0.25) is 20.1 Å². The van der Waals surface area contributed by atoms with Crippen molar-refractivity contribution in [3.8, 4) is 0 Å². The number of halogens is 5. The number of nitrogens with zero attached hydrogens (tertiary/aromatic N) is 1. The number of pyridine rings is 1. The molecule has 2 aromatic rings. The van der Waals surface area contributed by atoms with Gasteiger partial charge in [-0.15, -0.1) is 0 Å². The van der Waals surface area contributed by atoms with Crippen LogP contribution in [0.3, 0.4) is 0 Å². The second-order valence-corrected chi connectivity index (χ2v) is 5.90. The third-order valence-electron chi connectivity index (χ3n) is 2.07. The van der Waals surface area contributed by atoms with Crippen LogP contribution in [0.1, 0.15) is 0 Å². The van der Waals surface area contributed by atoms with Gasteiger partial charge >= 0.3 is 0 Å². The van der Waals surface area contributed by atoms with Crippen molar-refractivity contribution in [2.45, 2.75) is 0 Å². The molecule has 0 radical (unpaired) electrons. The van der Waals surface area contributed by atoms with Gasteiger partial charge in [-0.2, -0.15) is 0 Å². The maximum absolute atomic E-state index is 6.05. The number of rotatable bonds is 2. The number of benzene rings is 1. The van der Waals surface area contributed by atoms with E-state index in [2.05, 4.69) is 26.2 Å². The van der Waals surface area contributed by atoms with E-state index in [-0.39, 0.29) is 0 Å². The zero-order valence-electron chi connectivity index (χ0n) is 8.65. The number of anilines is 2. The van der Waals surface area contributed by atoms with Gasteiger partial charge in [-0.3, -0.25) is 0 Å². The van der Waals surface area contributed by atoms with Gasteiger partial charge in [0.25, 0.3) is 0 Å². The molecular formula is C11H5BrCl4N2. The Hall–Kier alpha value is -0.190. The normalized spacial score (nSPS) is 10.5. The Morgan fingerprint density at radius 3 is 2.22 bits per heavy atom. The van der Waals surface area contributed by atoms with Gasteiger partial charge in [0.15, 0.2) is 0 Å². The molecule has 0 aliphatic heterocycles. The summed E-state index contributed by atoms with van der Waals surface area (Å²) in [4.78, 5) is 4.14. The molecule has 0 amide bonds. The van der Waals surface area contributed by atoms with Crippen molar-refractivity contribution < 1.29 is 0 Å². The minimum Gasteiger partial charge on any atom is -0.338 e. The van der Waals surface area contributed by atoms with Crippen molar-refractivity contribution in [3.63, 3.8) is 0 Å². The Bertz CT molecular complexity index is 604. The lowest BCUT2D eigenvalue weighted by atomic mass is 10.3. The van der Waals surface area contributed by atoms with Crippen molar-refractivity contribution in [3.05, 3.63) is 49.0 Å². The van der Waals surface area contributed by atoms with E-state index >= 15 is 0 Å². The summed E-state index contributed by atoms with van der Waals surface area (Å²) in [5, 5.41) is 4.69. The van der Waals surface area contributed by atoms with E-state index < -0.39 is 0 Å². The highest BCUT2D eigenvalue weighted by Crippen LogP contribution is 2.35. The lowest BCUT2D eigenvalue weighted by Gasteiger charge is -2.10. The first kappa shape index (κ1) is 14.2. The van der Waals surface area contributed by atoms with Crippen LogP contribution >= 0.6 is 62.3 Å². The lowest BCUT2D eigenvalue weighted by molar-refractivity contribution is 1.29. The topological polar surface area (TPSA) is 24.9 Å². The van der Waals surface area contributed by atoms with E-state index in [9.17, 15) is 0 Å². The SMILES string of the molecule is Clc1cc(Cl)c(Nc2ncc(Br)cc2Cl)cc1Cl. The van der Waals surface area contributed by atoms with Gasteiger partial charge in [0, 0.05) is 10.7 Å². The molecule has 0 saturated carbocycles. The van der Waals surface area contributed by atoms with Gasteiger partial charge in [0.1, 0.15) is 5.82 Å². The largest absolute Gasteiger partial charge is 0.338 e. The first-order chi connectivity index (χ1) is 8.47. The second kappa shape index (κ2) is 5.85. The van der Waals surface area contributed by atoms with Crippen LogP contribution < -0.4 is 5.32 Å². The highest BCUT2D eigenvalue weighted by Gasteiger charge is 2.09. The Balaban J connectivity index is 2.37. The summed E-state index contributed by atoms with van der Waals surface area (Å²) in [5.74, 6) is 0.486. The Labute approximate surface area is 132 Å². The van der Waals surface area contributed by atoms with Crippen LogP contribution in [0.5, 0.6) is 0 Å². The molecule has 94 valence electrons. The number of hydrogen-bond acceptors (Lipinski definition) is 2. The first-order valence-electron chi connectivity index (χ1n) is 4.70. The Kier molecular flexibility index (Phi) is 4.62. The summed E-state index contributed by atoms with van der Waals surface area (Å²) < 4.78 is 0.790. The van der Waals surface area contributed by atoms with Gasteiger partial charge < -0.3 is 5.32 Å². The fraction of sp³-hybridized carbons (Fsp3) is 0. The second-order valence-electron chi connectivity index (χ2n) is 3.36. The first-order valence-corrected chi connectivity index (χ1v) is 7.00. The molecule has 0 aliphatic carbocycles. The summed E-state index contributed by atoms with van der Waals surface area (Å²) in [6.07, 6.45) is 1.62. The maximum Gasteiger partial charge on any atom is 0.149 e. The molecule has 2 rings (SSSR count). The number of nitrogens with one attached hydrogen (secondary N) is 1. The smallest absolute Gasteiger partial charge is 0.149 e. The highest BCUT2D eigenvalue weighted by atomic mass is 79.9. The molecule has 0 unspecified atom stereocenters. The van der Waals surface area contributed by atoms with Crippen molar-refractivity contribution in [2.75, 3.05) is 5.32 Å². The van der Waals surface area contributed by atoms with Gasteiger partial charge in [-0.1, -0.05) is 46.4 Å². The third kappa shape index (κ3) is 3.22. The van der Waals surface area contributed by atoms with E-state index in [1.54, 1.807) is 24.4 Å². The Morgan fingerprint density at radius 1 is 0.889 bits per heavy atom. The molecule has 1 aromatic heterocycles. The van der Waals surface area contributed by atoms with Crippen LogP contribution in [0.4, 0.5) is 11.5 Å². The fourth-order valence-corrected chi connectivity index (χ4v) is 2.52. The maximum atomic E-state index is 6.05. The van der Waals surface area contributed by atoms with Crippen molar-refractivity contribution in [1.82, 2.24) is 4.98 Å². The molecular weight excluding hydrogens is 382 g/mol. The van der Waals surface area contributed by atoms with Crippen molar-refractivity contribution >= 4 is 73.8 Å². The number of hydrogen-bond donors (Lipinski definition) is 1. The quantitative estimate of drug-likeness (QED) is 0.621. The average molecular weight is 387 g/mol. The van der Waals surface area contributed by atoms with Crippen molar-refractivity contribution in [2.24, 2.45) is 0 Å². The van der Waals surface area contributed by atoms with Gasteiger partial charge in [0.05, 0.1) is 25.8 Å². The molecule has 0 bridgehead atoms. The summed E-state index contributed by atoms with van der Waals surface area (Å²) in [5.41, 5.74) is 0.586. The molecule has 7 heteroatoms. The van der Waals surface area contributed by atoms with Crippen LogP contribution in [0.15, 0.2) is 28.9 Å². The van der Waals surface area contributed by atoms with Gasteiger partial charge in [0.2, 0.25) is 0 Å². The zero-order chi connectivity index (χ0) is 13.3. The van der Waals surface area contributed by atoms with E-state index in [1.807, 2.05) is 0 Å². The summed E-state index contributed by atoms with van der Waals surface area (Å²) in [6.45, 7) is 0. The molecule has 0 aliphatic rings. The molecule has 18 heavy (non-hydrogen) atoms. The monoisotopic (exact) mass is 384 g/mol. The van der Waals surface area contributed by atoms with E-state index in [1.165, 1.54) is 0 Å². The molecule has 1 heterocycles. The van der Waals surface area contributed by atoms with Gasteiger partial charge in [-0.05, 0) is 34.1 Å². The summed E-state index contributed by atoms with van der Waals surface area (Å²) in [7, 11) is 0. The van der Waals surface area contributed by atoms with Crippen LogP contribution in [0, 0.1) is 0 Å². The minimum absolute atomic E-state index is 0.391. The van der Waals surface area contributed by atoms with Crippen LogP contribution in [0.25, 0.3) is 0 Å². The molecule has 0 spiro atoms. The molecule has 0 fully saturated rings. The fourth-order valence-electron chi connectivity index (χ4n) is 1.25. The molecule has 0 atom stereocenters. The third-order valence-corrected chi connectivity index (χ3v) is 3.83. The highest BCUT2D eigenvalue weighted by molar-refractivity contribution is 9.10.